The van der Waals surface area contributed by atoms with E-state index in [-0.39, 0.29) is 44.5 Å². The van der Waals surface area contributed by atoms with Gasteiger partial charge in [0.1, 0.15) is 44.3 Å². The molecule has 2 N–H and O–H groups in total. The predicted octanol–water partition coefficient (Wildman–Crippen LogP) is 6.03. The van der Waals surface area contributed by atoms with Gasteiger partial charge in [-0.3, -0.25) is 9.80 Å². The van der Waals surface area contributed by atoms with Crippen LogP contribution in [0.5, 0.6) is 28.7 Å². The van der Waals surface area contributed by atoms with Gasteiger partial charge in [0.15, 0.2) is 23.0 Å². The minimum Gasteiger partial charge on any atom is -0.507 e. The maximum Gasteiger partial charge on any atom is 0.411 e. The van der Waals surface area contributed by atoms with Crippen LogP contribution in [0.15, 0.2) is 31.4 Å². The number of nitrogens with zero attached hydrogens (tertiary/aromatic N) is 3. The Hall–Kier alpha value is -4.40. The summed E-state index contributed by atoms with van der Waals surface area (Å²) in [7, 11) is 1.52. The summed E-state index contributed by atoms with van der Waals surface area (Å²) < 4.78 is 39.1. The second-order valence-electron chi connectivity index (χ2n) is 13.9. The van der Waals surface area contributed by atoms with Crippen molar-refractivity contribution in [2.45, 2.75) is 65.6 Å². The summed E-state index contributed by atoms with van der Waals surface area (Å²) in [5, 5.41) is 25.1. The molecule has 2 aromatic rings. The Balaban J connectivity index is 1.48. The zero-order valence-corrected chi connectivity index (χ0v) is 34.1. The third kappa shape index (κ3) is 7.11. The van der Waals surface area contributed by atoms with Crippen molar-refractivity contribution in [2.75, 3.05) is 46.1 Å². The highest BCUT2D eigenvalue weighted by molar-refractivity contribution is 7.99. The summed E-state index contributed by atoms with van der Waals surface area (Å²) in [6.45, 7) is 10.0. The summed E-state index contributed by atoms with van der Waals surface area (Å²) >= 11 is 18.6. The first kappa shape index (κ1) is 40.8. The van der Waals surface area contributed by atoms with Crippen LogP contribution in [0, 0.1) is 25.2 Å². The maximum atomic E-state index is 14.4. The number of amides is 2. The molecule has 2 saturated heterocycles. The Kier molecular flexibility index (Phi) is 11.5. The third-order valence-corrected chi connectivity index (χ3v) is 12.4. The second kappa shape index (κ2) is 16.1. The van der Waals surface area contributed by atoms with E-state index in [2.05, 4.69) is 24.5 Å². The molecule has 57 heavy (non-hydrogen) atoms. The molecule has 5 aliphatic heterocycles. The molecule has 7 rings (SSSR count). The number of phenolic OH excluding ortho intramolecular Hbond substituents is 1. The van der Waals surface area contributed by atoms with E-state index < -0.39 is 70.1 Å². The van der Waals surface area contributed by atoms with Crippen LogP contribution in [0.3, 0.4) is 0 Å². The number of benzene rings is 2. The first-order chi connectivity index (χ1) is 27.3. The lowest BCUT2D eigenvalue weighted by molar-refractivity contribution is -0.151. The molecule has 19 heteroatoms. The van der Waals surface area contributed by atoms with Crippen LogP contribution >= 0.6 is 46.6 Å². The number of methoxy groups -OCH3 is 1. The van der Waals surface area contributed by atoms with E-state index in [1.54, 1.807) is 17.9 Å². The number of nitrogens with one attached hydrogen (secondary N) is 1. The highest BCUT2D eigenvalue weighted by Crippen LogP contribution is 2.64. The molecule has 7 atom stereocenters. The van der Waals surface area contributed by atoms with Gasteiger partial charge in [-0.2, -0.15) is 5.26 Å². The van der Waals surface area contributed by atoms with Crippen LogP contribution in [-0.2, 0) is 25.4 Å². The molecule has 2 fully saturated rings. The second-order valence-corrected chi connectivity index (χ2v) is 17.6. The molecule has 5 aliphatic rings. The molecule has 0 aromatic heterocycles. The topological polar surface area (TPSA) is 178 Å². The monoisotopic (exact) mass is 864 g/mol. The number of alkyl halides is 3. The average molecular weight is 866 g/mol. The fourth-order valence-electron chi connectivity index (χ4n) is 8.60. The standard InChI is InChI=1S/C38H39Cl3N4O11S/c1-6-8-51-32-24-19(10-17(3)30(32)50-5)11-21-22(12-42)44-23-13-53-35(47)20(43-36(48)54-15-38(39,40)41)14-57-34(28(44)27(24)45(21)37(49)52-9-7-2)26-25(23)33-31(55-16-56-33)18(4)29(26)46/h6-7,10,20-23,27-28,34,46H,1-2,8-9,11,13-16H2,3-5H3,(H,43,48)/t20-,21-,22-,23-,27+,28+,34+/m0/s1. The number of aromatic hydroxyl groups is 1. The minimum atomic E-state index is -1.91. The number of esters is 1. The maximum absolute atomic E-state index is 14.4. The van der Waals surface area contributed by atoms with Crippen molar-refractivity contribution < 1.29 is 52.6 Å². The van der Waals surface area contributed by atoms with E-state index in [1.165, 1.54) is 24.9 Å². The number of phenols is 1. The molecule has 304 valence electrons. The molecule has 5 heterocycles. The molecular weight excluding hydrogens is 827 g/mol. The van der Waals surface area contributed by atoms with Crippen LogP contribution in [0.4, 0.5) is 9.59 Å². The van der Waals surface area contributed by atoms with E-state index in [9.17, 15) is 24.8 Å². The van der Waals surface area contributed by atoms with Crippen LogP contribution in [-0.4, -0.2) is 107 Å². The fourth-order valence-corrected chi connectivity index (χ4v) is 10.3. The van der Waals surface area contributed by atoms with Gasteiger partial charge in [-0.25, -0.2) is 14.4 Å². The lowest BCUT2D eigenvalue weighted by Crippen LogP contribution is -2.71. The molecule has 0 saturated carbocycles. The van der Waals surface area contributed by atoms with Gasteiger partial charge in [0, 0.05) is 28.0 Å². The molecule has 0 radical (unpaired) electrons. The summed E-state index contributed by atoms with van der Waals surface area (Å²) in [6.07, 6.45) is 1.53. The van der Waals surface area contributed by atoms with Gasteiger partial charge in [0.25, 0.3) is 0 Å². The smallest absolute Gasteiger partial charge is 0.411 e. The van der Waals surface area contributed by atoms with Crippen molar-refractivity contribution in [2.24, 2.45) is 0 Å². The Morgan fingerprint density at radius 2 is 1.84 bits per heavy atom. The Labute approximate surface area is 347 Å². The highest BCUT2D eigenvalue weighted by Gasteiger charge is 2.63. The normalized spacial score (nSPS) is 25.7. The van der Waals surface area contributed by atoms with Crippen molar-refractivity contribution in [3.8, 4) is 34.8 Å². The number of rotatable bonds is 8. The number of aryl methyl sites for hydroxylation is 1. The largest absolute Gasteiger partial charge is 0.507 e. The molecule has 15 nitrogen and oxygen atoms in total. The lowest BCUT2D eigenvalue weighted by Gasteiger charge is -2.61. The van der Waals surface area contributed by atoms with Crippen molar-refractivity contribution in [3.63, 3.8) is 0 Å². The first-order valence-electron chi connectivity index (χ1n) is 17.9. The van der Waals surface area contributed by atoms with E-state index in [1.807, 2.05) is 17.9 Å². The van der Waals surface area contributed by atoms with E-state index in [0.29, 0.717) is 45.3 Å². The number of ether oxygens (including phenoxy) is 7. The number of nitriles is 1. The Morgan fingerprint density at radius 3 is 2.53 bits per heavy atom. The van der Waals surface area contributed by atoms with E-state index >= 15 is 0 Å². The molecular formula is C38H39Cl3N4O11S. The molecule has 0 unspecified atom stereocenters. The molecule has 4 bridgehead atoms. The summed E-state index contributed by atoms with van der Waals surface area (Å²) in [6, 6.07) is -1.32. The number of cyclic esters (lactones) is 1. The number of hydrogen-bond acceptors (Lipinski definition) is 14. The minimum absolute atomic E-state index is 0.100. The summed E-state index contributed by atoms with van der Waals surface area (Å²) in [5.74, 6) is 0.449. The number of hydrogen-bond donors (Lipinski definition) is 2. The number of fused-ring (bicyclic) bond motifs is 9. The Morgan fingerprint density at radius 1 is 1.11 bits per heavy atom. The predicted molar refractivity (Wildman–Crippen MR) is 208 cm³/mol. The zero-order valence-electron chi connectivity index (χ0n) is 31.1. The number of thioether (sulfide) groups is 1. The van der Waals surface area contributed by atoms with Gasteiger partial charge in [-0.15, -0.1) is 11.8 Å². The number of carbonyl (C=O) groups excluding carboxylic acids is 3. The average Bonchev–Trinajstić information content (AvgIpc) is 3.67. The van der Waals surface area contributed by atoms with Crippen LogP contribution in [0.1, 0.15) is 50.7 Å². The van der Waals surface area contributed by atoms with Crippen LogP contribution in [0.25, 0.3) is 0 Å². The molecule has 0 spiro atoms. The molecule has 2 aromatic carbocycles. The van der Waals surface area contributed by atoms with Gasteiger partial charge in [0.2, 0.25) is 10.6 Å². The van der Waals surface area contributed by atoms with Crippen LogP contribution in [0.2, 0.25) is 0 Å². The quantitative estimate of drug-likeness (QED) is 0.136. The van der Waals surface area contributed by atoms with Gasteiger partial charge >= 0.3 is 18.2 Å². The van der Waals surface area contributed by atoms with E-state index in [0.717, 1.165) is 11.1 Å². The third-order valence-electron chi connectivity index (χ3n) is 10.7. The SMILES string of the molecule is C=CCOC(=O)N1[C@@H]2c3c(cc(C)c(OC)c3OCC=C)C[C@H]1[C@H](C#N)N1[C@H]2[C@@H]2SC[C@H](NC(=O)OCC(Cl)(Cl)Cl)C(=O)OC[C@H]1c1c3c(c(C)c(O)c12)OCO3. The summed E-state index contributed by atoms with van der Waals surface area (Å²) in [5.41, 5.74) is 3.52. The van der Waals surface area contributed by atoms with Gasteiger partial charge in [0.05, 0.1) is 42.6 Å². The van der Waals surface area contributed by atoms with Gasteiger partial charge < -0.3 is 43.6 Å². The molecule has 2 amide bonds. The number of alkyl carbamates (subject to hydrolysis) is 1. The van der Waals surface area contributed by atoms with Crippen molar-refractivity contribution in [3.05, 3.63) is 64.8 Å². The Bertz CT molecular complexity index is 2060. The van der Waals surface area contributed by atoms with E-state index in [4.69, 9.17) is 68.0 Å². The summed E-state index contributed by atoms with van der Waals surface area (Å²) in [4.78, 5) is 44.6. The van der Waals surface area contributed by atoms with Gasteiger partial charge in [-0.1, -0.05) is 66.2 Å². The first-order valence-corrected chi connectivity index (χ1v) is 20.0. The number of halogens is 3. The van der Waals surface area contributed by atoms with Crippen molar-refractivity contribution >= 4 is 64.7 Å². The van der Waals surface area contributed by atoms with Gasteiger partial charge in [-0.05, 0) is 31.4 Å². The van der Waals surface area contributed by atoms with Crippen molar-refractivity contribution in [1.29, 1.82) is 5.26 Å². The molecule has 0 aliphatic carbocycles. The highest BCUT2D eigenvalue weighted by atomic mass is 35.6. The lowest BCUT2D eigenvalue weighted by atomic mass is 9.71. The fraction of sp³-hybridized carbons (Fsp3) is 0.474. The number of carbonyl (C=O) groups is 3. The van der Waals surface area contributed by atoms with Crippen molar-refractivity contribution in [1.82, 2.24) is 15.1 Å². The number of piperazine rings is 1. The van der Waals surface area contributed by atoms with Crippen LogP contribution < -0.4 is 24.3 Å². The zero-order chi connectivity index (χ0) is 40.9.